The molecule has 0 aromatic carbocycles. The number of carbonyl (C=O) groups is 1. The van der Waals surface area contributed by atoms with Crippen LogP contribution in [-0.2, 0) is 9.53 Å². The number of nitrogens with zero attached hydrogens (tertiary/aromatic N) is 1. The summed E-state index contributed by atoms with van der Waals surface area (Å²) in [5.41, 5.74) is 6.44. The Morgan fingerprint density at radius 3 is 3.00 bits per heavy atom. The van der Waals surface area contributed by atoms with Gasteiger partial charge in [-0.05, 0) is 6.42 Å². The van der Waals surface area contributed by atoms with Crippen LogP contribution in [0.5, 0.6) is 0 Å². The summed E-state index contributed by atoms with van der Waals surface area (Å²) in [6, 6.07) is 0. The van der Waals surface area contributed by atoms with Crippen molar-refractivity contribution in [3.05, 3.63) is 12.7 Å². The Morgan fingerprint density at radius 1 is 1.73 bits per heavy atom. The van der Waals surface area contributed by atoms with Gasteiger partial charge in [-0.1, -0.05) is 12.7 Å². The lowest BCUT2D eigenvalue weighted by atomic mass is 10.3. The minimum Gasteiger partial charge on any atom is -0.461 e. The van der Waals surface area contributed by atoms with Gasteiger partial charge in [0.2, 0.25) is 0 Å². The van der Waals surface area contributed by atoms with E-state index in [-0.39, 0.29) is 12.6 Å². The Kier molecular flexibility index (Phi) is 6.17. The average Bonchev–Trinajstić information content (AvgIpc) is 2.01. The highest BCUT2D eigenvalue weighted by Gasteiger charge is 1.99. The Balaban J connectivity index is 3.21. The number of esters is 1. The third kappa shape index (κ3) is 6.70. The smallest absolute Gasteiger partial charge is 0.306 e. The summed E-state index contributed by atoms with van der Waals surface area (Å²) in [6.07, 6.45) is 2.43. The molecule has 4 nitrogen and oxygen atoms in total. The number of hydrogen-bond acceptors (Lipinski definition) is 4. The highest BCUT2D eigenvalue weighted by atomic mass is 16.5. The van der Waals surface area contributed by atoms with Gasteiger partial charge >= 0.3 is 5.97 Å². The van der Waals surface area contributed by atoms with Gasteiger partial charge in [0.15, 0.2) is 0 Å². The molecule has 0 radical (unpaired) electrons. The van der Waals surface area contributed by atoms with Crippen molar-refractivity contribution in [1.82, 2.24) is 0 Å². The predicted molar refractivity (Wildman–Crippen MR) is 40.4 cm³/mol. The average molecular weight is 156 g/mol. The van der Waals surface area contributed by atoms with Crippen LogP contribution in [0.4, 0.5) is 0 Å². The van der Waals surface area contributed by atoms with Crippen molar-refractivity contribution in [2.75, 3.05) is 13.2 Å². The molecule has 0 unspecified atom stereocenters. The third-order valence-electron chi connectivity index (χ3n) is 1.01. The van der Waals surface area contributed by atoms with E-state index in [9.17, 15) is 4.79 Å². The molecule has 0 spiro atoms. The van der Waals surface area contributed by atoms with E-state index in [0.29, 0.717) is 19.4 Å². The SMILES string of the molecule is C=CCOC(=O)CCCN=N. The molecular weight excluding hydrogens is 144 g/mol. The first-order valence-electron chi connectivity index (χ1n) is 3.41. The summed E-state index contributed by atoms with van der Waals surface area (Å²) in [7, 11) is 0. The van der Waals surface area contributed by atoms with Crippen molar-refractivity contribution in [2.45, 2.75) is 12.8 Å². The minimum absolute atomic E-state index is 0.256. The van der Waals surface area contributed by atoms with Crippen LogP contribution < -0.4 is 0 Å². The van der Waals surface area contributed by atoms with E-state index in [1.54, 1.807) is 0 Å². The molecule has 62 valence electrons. The van der Waals surface area contributed by atoms with Gasteiger partial charge in [0.1, 0.15) is 6.61 Å². The molecule has 11 heavy (non-hydrogen) atoms. The zero-order chi connectivity index (χ0) is 8.53. The molecule has 0 aliphatic rings. The standard InChI is InChI=1S/C7H12N2O2/c1-2-6-11-7(10)4-3-5-9-8/h2,8H,1,3-6H2. The Morgan fingerprint density at radius 2 is 2.45 bits per heavy atom. The van der Waals surface area contributed by atoms with Crippen molar-refractivity contribution in [2.24, 2.45) is 5.11 Å². The van der Waals surface area contributed by atoms with Gasteiger partial charge in [0.25, 0.3) is 0 Å². The van der Waals surface area contributed by atoms with E-state index in [1.807, 2.05) is 0 Å². The summed E-state index contributed by atoms with van der Waals surface area (Å²) in [6.45, 7) is 4.06. The van der Waals surface area contributed by atoms with E-state index in [2.05, 4.69) is 16.4 Å². The monoisotopic (exact) mass is 156 g/mol. The van der Waals surface area contributed by atoms with Gasteiger partial charge in [-0.3, -0.25) is 4.79 Å². The quantitative estimate of drug-likeness (QED) is 0.274. The lowest BCUT2D eigenvalue weighted by Crippen LogP contribution is -2.04. The zero-order valence-corrected chi connectivity index (χ0v) is 6.38. The first-order chi connectivity index (χ1) is 5.31. The van der Waals surface area contributed by atoms with Crippen LogP contribution in [0.1, 0.15) is 12.8 Å². The highest BCUT2D eigenvalue weighted by Crippen LogP contribution is 1.92. The summed E-state index contributed by atoms with van der Waals surface area (Å²) >= 11 is 0. The number of hydrogen-bond donors (Lipinski definition) is 1. The van der Waals surface area contributed by atoms with Crippen LogP contribution in [0, 0.1) is 5.53 Å². The number of nitrogens with one attached hydrogen (secondary N) is 1. The van der Waals surface area contributed by atoms with Crippen LogP contribution in [0.15, 0.2) is 17.8 Å². The second kappa shape index (κ2) is 6.92. The van der Waals surface area contributed by atoms with Gasteiger partial charge in [-0.2, -0.15) is 5.11 Å². The van der Waals surface area contributed by atoms with E-state index in [0.717, 1.165) is 0 Å². The molecule has 0 rings (SSSR count). The van der Waals surface area contributed by atoms with E-state index < -0.39 is 0 Å². The molecule has 0 atom stereocenters. The zero-order valence-electron chi connectivity index (χ0n) is 6.38. The van der Waals surface area contributed by atoms with Gasteiger partial charge in [-0.15, -0.1) is 0 Å². The van der Waals surface area contributed by atoms with E-state index >= 15 is 0 Å². The molecule has 0 aromatic heterocycles. The molecule has 0 amide bonds. The second-order valence-electron chi connectivity index (χ2n) is 1.96. The number of carbonyl (C=O) groups excluding carboxylic acids is 1. The fourth-order valence-corrected chi connectivity index (χ4v) is 0.526. The number of rotatable bonds is 6. The molecule has 0 saturated heterocycles. The maximum Gasteiger partial charge on any atom is 0.306 e. The molecule has 0 fully saturated rings. The molecule has 0 aliphatic carbocycles. The van der Waals surface area contributed by atoms with E-state index in [1.165, 1.54) is 6.08 Å². The second-order valence-corrected chi connectivity index (χ2v) is 1.96. The van der Waals surface area contributed by atoms with Crippen LogP contribution in [0.3, 0.4) is 0 Å². The normalized spacial score (nSPS) is 8.73. The first-order valence-corrected chi connectivity index (χ1v) is 3.41. The lowest BCUT2D eigenvalue weighted by molar-refractivity contribution is -0.142. The molecule has 0 aromatic rings. The van der Waals surface area contributed by atoms with Gasteiger partial charge in [0.05, 0.1) is 6.54 Å². The van der Waals surface area contributed by atoms with Crippen LogP contribution in [-0.4, -0.2) is 19.1 Å². The van der Waals surface area contributed by atoms with Gasteiger partial charge < -0.3 is 4.74 Å². The summed E-state index contributed by atoms with van der Waals surface area (Å²) < 4.78 is 4.68. The Labute approximate surface area is 65.8 Å². The van der Waals surface area contributed by atoms with Gasteiger partial charge in [-0.25, -0.2) is 5.53 Å². The molecule has 0 saturated carbocycles. The fraction of sp³-hybridized carbons (Fsp3) is 0.571. The maximum absolute atomic E-state index is 10.7. The molecule has 0 heterocycles. The van der Waals surface area contributed by atoms with Crippen molar-refractivity contribution >= 4 is 5.97 Å². The third-order valence-corrected chi connectivity index (χ3v) is 1.01. The first kappa shape index (κ1) is 9.81. The number of ether oxygens (including phenoxy) is 1. The van der Waals surface area contributed by atoms with Crippen LogP contribution >= 0.6 is 0 Å². The highest BCUT2D eigenvalue weighted by molar-refractivity contribution is 5.69. The van der Waals surface area contributed by atoms with E-state index in [4.69, 9.17) is 5.53 Å². The van der Waals surface area contributed by atoms with Crippen LogP contribution in [0.25, 0.3) is 0 Å². The fourth-order valence-electron chi connectivity index (χ4n) is 0.526. The van der Waals surface area contributed by atoms with Gasteiger partial charge in [0, 0.05) is 6.42 Å². The molecule has 1 N–H and O–H groups in total. The van der Waals surface area contributed by atoms with Crippen molar-refractivity contribution in [3.8, 4) is 0 Å². The molecular formula is C7H12N2O2. The largest absolute Gasteiger partial charge is 0.461 e. The summed E-state index contributed by atoms with van der Waals surface area (Å²) in [5.74, 6) is -0.256. The predicted octanol–water partition coefficient (Wildman–Crippen LogP) is 1.53. The Bertz CT molecular complexity index is 145. The molecule has 4 heteroatoms. The van der Waals surface area contributed by atoms with Crippen molar-refractivity contribution in [3.63, 3.8) is 0 Å². The Hall–Kier alpha value is -1.19. The minimum atomic E-state index is -0.256. The molecule has 0 aliphatic heterocycles. The van der Waals surface area contributed by atoms with Crippen molar-refractivity contribution < 1.29 is 9.53 Å². The van der Waals surface area contributed by atoms with Crippen molar-refractivity contribution in [1.29, 1.82) is 5.53 Å². The topological polar surface area (TPSA) is 62.5 Å². The maximum atomic E-state index is 10.7. The molecule has 0 bridgehead atoms. The van der Waals surface area contributed by atoms with Crippen LogP contribution in [0.2, 0.25) is 0 Å². The summed E-state index contributed by atoms with van der Waals surface area (Å²) in [5, 5.41) is 3.11. The lowest BCUT2D eigenvalue weighted by Gasteiger charge is -1.98. The summed E-state index contributed by atoms with van der Waals surface area (Å²) in [4.78, 5) is 10.7.